The third-order valence-corrected chi connectivity index (χ3v) is 5.19. The van der Waals surface area contributed by atoms with E-state index in [2.05, 4.69) is 22.1 Å². The summed E-state index contributed by atoms with van der Waals surface area (Å²) in [7, 11) is 0. The van der Waals surface area contributed by atoms with E-state index in [1.165, 1.54) is 12.1 Å². The summed E-state index contributed by atoms with van der Waals surface area (Å²) in [6, 6.07) is 13.7. The molecule has 7 heteroatoms. The summed E-state index contributed by atoms with van der Waals surface area (Å²) in [5.41, 5.74) is 1.07. The molecule has 1 amide bonds. The van der Waals surface area contributed by atoms with Crippen LogP contribution < -0.4 is 10.1 Å². The van der Waals surface area contributed by atoms with E-state index in [0.717, 1.165) is 40.6 Å². The first-order valence-corrected chi connectivity index (χ1v) is 10.2. The lowest BCUT2D eigenvalue weighted by Crippen LogP contribution is -2.25. The van der Waals surface area contributed by atoms with Crippen molar-refractivity contribution in [1.82, 2.24) is 15.5 Å². The van der Waals surface area contributed by atoms with Gasteiger partial charge in [-0.15, -0.1) is 10.2 Å². The Morgan fingerprint density at radius 3 is 2.69 bits per heavy atom. The molecule has 0 saturated heterocycles. The van der Waals surface area contributed by atoms with Crippen LogP contribution in [0.4, 0.5) is 4.39 Å². The molecule has 3 aromatic rings. The molecule has 5 nitrogen and oxygen atoms in total. The molecule has 0 atom stereocenters. The third-order valence-electron chi connectivity index (χ3n) is 4.16. The third kappa shape index (κ3) is 5.96. The number of hydrogen-bond donors (Lipinski definition) is 1. The summed E-state index contributed by atoms with van der Waals surface area (Å²) < 4.78 is 19.0. The van der Waals surface area contributed by atoms with Gasteiger partial charge in [0.1, 0.15) is 28.2 Å². The minimum Gasteiger partial charge on any atom is -0.490 e. The van der Waals surface area contributed by atoms with Crippen molar-refractivity contribution in [1.29, 1.82) is 0 Å². The number of carbonyl (C=O) groups is 1. The number of hydrogen-bond acceptors (Lipinski definition) is 5. The molecule has 0 radical (unpaired) electrons. The molecule has 1 aromatic heterocycles. The second kappa shape index (κ2) is 10.5. The topological polar surface area (TPSA) is 64.1 Å². The molecular formula is C22H22FN3O2S. The number of nitrogens with one attached hydrogen (secondary N) is 1. The van der Waals surface area contributed by atoms with Crippen LogP contribution >= 0.6 is 11.3 Å². The average molecular weight is 412 g/mol. The number of ether oxygens (including phenoxy) is 1. The Morgan fingerprint density at radius 1 is 1.14 bits per heavy atom. The zero-order valence-corrected chi connectivity index (χ0v) is 16.8. The number of aryl methyl sites for hydroxylation is 1. The van der Waals surface area contributed by atoms with Gasteiger partial charge >= 0.3 is 0 Å². The van der Waals surface area contributed by atoms with Crippen LogP contribution in [0.2, 0.25) is 0 Å². The average Bonchev–Trinajstić information content (AvgIpc) is 3.21. The Labute approximate surface area is 173 Å². The SMILES string of the molecule is C=CCOc1ccc(-c2nnc(CCCCNC(=O)c3ccccc3F)s2)cc1. The second-order valence-electron chi connectivity index (χ2n) is 6.32. The molecule has 0 aliphatic rings. The van der Waals surface area contributed by atoms with Crippen molar-refractivity contribution in [2.45, 2.75) is 19.3 Å². The number of amides is 1. The van der Waals surface area contributed by atoms with Gasteiger partial charge in [0.15, 0.2) is 0 Å². The standard InChI is InChI=1S/C22H22FN3O2S/c1-2-15-28-17-12-10-16(11-13-17)22-26-25-20(29-22)9-5-6-14-24-21(27)18-7-3-4-8-19(18)23/h2-4,7-8,10-13H,1,5-6,9,14-15H2,(H,24,27). The van der Waals surface area contributed by atoms with Gasteiger partial charge < -0.3 is 10.1 Å². The number of aromatic nitrogens is 2. The van der Waals surface area contributed by atoms with E-state index in [0.29, 0.717) is 13.2 Å². The lowest BCUT2D eigenvalue weighted by atomic mass is 10.2. The Bertz CT molecular complexity index is 957. The van der Waals surface area contributed by atoms with Gasteiger partial charge in [0.05, 0.1) is 5.56 Å². The summed E-state index contributed by atoms with van der Waals surface area (Å²) >= 11 is 1.56. The predicted octanol–water partition coefficient (Wildman–Crippen LogP) is 4.66. The number of rotatable bonds is 10. The van der Waals surface area contributed by atoms with Crippen LogP contribution in [-0.2, 0) is 6.42 Å². The first-order valence-electron chi connectivity index (χ1n) is 9.36. The van der Waals surface area contributed by atoms with E-state index in [4.69, 9.17) is 4.74 Å². The molecule has 0 spiro atoms. The highest BCUT2D eigenvalue weighted by molar-refractivity contribution is 7.14. The van der Waals surface area contributed by atoms with Gasteiger partial charge in [0, 0.05) is 18.5 Å². The number of unbranched alkanes of at least 4 members (excludes halogenated alkanes) is 1. The molecule has 0 aliphatic heterocycles. The molecule has 3 rings (SSSR count). The maximum absolute atomic E-state index is 13.6. The Balaban J connectivity index is 1.42. The first-order chi connectivity index (χ1) is 14.2. The molecule has 2 aromatic carbocycles. The van der Waals surface area contributed by atoms with E-state index in [1.54, 1.807) is 29.5 Å². The van der Waals surface area contributed by atoms with Gasteiger partial charge in [-0.3, -0.25) is 4.79 Å². The zero-order valence-electron chi connectivity index (χ0n) is 15.9. The molecule has 1 N–H and O–H groups in total. The maximum Gasteiger partial charge on any atom is 0.254 e. The van der Waals surface area contributed by atoms with E-state index in [-0.39, 0.29) is 11.5 Å². The van der Waals surface area contributed by atoms with Gasteiger partial charge in [-0.2, -0.15) is 0 Å². The summed E-state index contributed by atoms with van der Waals surface area (Å²) in [5.74, 6) is -0.107. The van der Waals surface area contributed by atoms with Gasteiger partial charge in [0.2, 0.25) is 0 Å². The largest absolute Gasteiger partial charge is 0.490 e. The number of nitrogens with zero attached hydrogens (tertiary/aromatic N) is 2. The van der Waals surface area contributed by atoms with Crippen molar-refractivity contribution in [3.8, 4) is 16.3 Å². The van der Waals surface area contributed by atoms with Crippen molar-refractivity contribution in [3.63, 3.8) is 0 Å². The van der Waals surface area contributed by atoms with E-state index in [1.807, 2.05) is 24.3 Å². The van der Waals surface area contributed by atoms with Crippen LogP contribution in [0.3, 0.4) is 0 Å². The molecule has 150 valence electrons. The van der Waals surface area contributed by atoms with Gasteiger partial charge in [-0.1, -0.05) is 36.1 Å². The summed E-state index contributed by atoms with van der Waals surface area (Å²) in [5, 5.41) is 13.1. The smallest absolute Gasteiger partial charge is 0.254 e. The summed E-state index contributed by atoms with van der Waals surface area (Å²) in [4.78, 5) is 12.0. The van der Waals surface area contributed by atoms with E-state index < -0.39 is 5.82 Å². The van der Waals surface area contributed by atoms with Crippen LogP contribution in [0.15, 0.2) is 61.2 Å². The predicted molar refractivity (Wildman–Crippen MR) is 113 cm³/mol. The first kappa shape index (κ1) is 20.7. The monoisotopic (exact) mass is 411 g/mol. The van der Waals surface area contributed by atoms with Crippen LogP contribution in [0.1, 0.15) is 28.2 Å². The Morgan fingerprint density at radius 2 is 1.93 bits per heavy atom. The number of halogens is 1. The lowest BCUT2D eigenvalue weighted by Gasteiger charge is -2.05. The molecule has 0 fully saturated rings. The molecule has 0 saturated carbocycles. The molecule has 29 heavy (non-hydrogen) atoms. The number of carbonyl (C=O) groups excluding carboxylic acids is 1. The zero-order chi connectivity index (χ0) is 20.5. The second-order valence-corrected chi connectivity index (χ2v) is 7.38. The Hall–Kier alpha value is -3.06. The van der Waals surface area contributed by atoms with Gasteiger partial charge in [-0.25, -0.2) is 4.39 Å². The van der Waals surface area contributed by atoms with Crippen LogP contribution in [0.5, 0.6) is 5.75 Å². The van der Waals surface area contributed by atoms with E-state index >= 15 is 0 Å². The lowest BCUT2D eigenvalue weighted by molar-refractivity contribution is 0.0949. The maximum atomic E-state index is 13.6. The minimum absolute atomic E-state index is 0.0715. The van der Waals surface area contributed by atoms with E-state index in [9.17, 15) is 9.18 Å². The van der Waals surface area contributed by atoms with Crippen LogP contribution in [-0.4, -0.2) is 29.3 Å². The van der Waals surface area contributed by atoms with Crippen LogP contribution in [0.25, 0.3) is 10.6 Å². The van der Waals surface area contributed by atoms with Crippen molar-refractivity contribution in [3.05, 3.63) is 77.6 Å². The normalized spacial score (nSPS) is 10.5. The fraction of sp³-hybridized carbons (Fsp3) is 0.227. The summed E-state index contributed by atoms with van der Waals surface area (Å²) in [6.07, 6.45) is 4.13. The Kier molecular flexibility index (Phi) is 7.47. The number of benzene rings is 2. The highest BCUT2D eigenvalue weighted by Gasteiger charge is 2.10. The molecular weight excluding hydrogens is 389 g/mol. The van der Waals surface area contributed by atoms with Crippen molar-refractivity contribution >= 4 is 17.2 Å². The summed E-state index contributed by atoms with van der Waals surface area (Å²) in [6.45, 7) is 4.59. The molecule has 0 bridgehead atoms. The fourth-order valence-corrected chi connectivity index (χ4v) is 3.55. The molecule has 1 heterocycles. The highest BCUT2D eigenvalue weighted by Crippen LogP contribution is 2.26. The molecule has 0 aliphatic carbocycles. The van der Waals surface area contributed by atoms with Crippen molar-refractivity contribution in [2.75, 3.05) is 13.2 Å². The van der Waals surface area contributed by atoms with Gasteiger partial charge in [-0.05, 0) is 49.2 Å². The molecule has 0 unspecified atom stereocenters. The van der Waals surface area contributed by atoms with Gasteiger partial charge in [0.25, 0.3) is 5.91 Å². The van der Waals surface area contributed by atoms with Crippen molar-refractivity contribution < 1.29 is 13.9 Å². The minimum atomic E-state index is -0.508. The van der Waals surface area contributed by atoms with Crippen LogP contribution in [0, 0.1) is 5.82 Å². The fourth-order valence-electron chi connectivity index (χ4n) is 2.66. The quantitative estimate of drug-likeness (QED) is 0.389. The van der Waals surface area contributed by atoms with Crippen molar-refractivity contribution in [2.24, 2.45) is 0 Å². The highest BCUT2D eigenvalue weighted by atomic mass is 32.1.